The van der Waals surface area contributed by atoms with E-state index in [9.17, 15) is 4.79 Å². The van der Waals surface area contributed by atoms with Crippen LogP contribution in [0, 0.1) is 5.92 Å². The fourth-order valence-electron chi connectivity index (χ4n) is 5.24. The van der Waals surface area contributed by atoms with Crippen LogP contribution in [0.5, 0.6) is 0 Å². The number of nitrogens with two attached hydrogens (primary N) is 1. The largest absolute Gasteiger partial charge is 0.397 e. The second-order valence-electron chi connectivity index (χ2n) is 10.3. The number of ether oxygens (including phenoxy) is 1. The average Bonchev–Trinajstić information content (AvgIpc) is 3.70. The molecule has 1 aromatic heterocycles. The number of hydrogen-bond donors (Lipinski definition) is 2. The van der Waals surface area contributed by atoms with Gasteiger partial charge in [-0.2, -0.15) is 0 Å². The van der Waals surface area contributed by atoms with Crippen molar-refractivity contribution in [2.24, 2.45) is 5.92 Å². The molecule has 0 radical (unpaired) electrons. The van der Waals surface area contributed by atoms with E-state index in [4.69, 9.17) is 10.5 Å². The van der Waals surface area contributed by atoms with Gasteiger partial charge in [-0.1, -0.05) is 36.4 Å². The van der Waals surface area contributed by atoms with Crippen LogP contribution in [-0.4, -0.2) is 48.2 Å². The van der Waals surface area contributed by atoms with Crippen molar-refractivity contribution >= 4 is 28.2 Å². The molecule has 1 aliphatic heterocycles. The highest BCUT2D eigenvalue weighted by molar-refractivity contribution is 6.08. The molecule has 2 heterocycles. The summed E-state index contributed by atoms with van der Waals surface area (Å²) in [5.41, 5.74) is 12.7. The Kier molecular flexibility index (Phi) is 6.68. The van der Waals surface area contributed by atoms with Crippen LogP contribution in [0.4, 0.5) is 11.4 Å². The fourth-order valence-corrected chi connectivity index (χ4v) is 5.24. The maximum Gasteiger partial charge on any atom is 0.255 e. The van der Waals surface area contributed by atoms with Gasteiger partial charge in [-0.3, -0.25) is 9.69 Å². The van der Waals surface area contributed by atoms with Crippen LogP contribution in [0.25, 0.3) is 22.0 Å². The van der Waals surface area contributed by atoms with Crippen LogP contribution >= 0.6 is 0 Å². The molecular weight excluding hydrogens is 460 g/mol. The zero-order chi connectivity index (χ0) is 25.2. The molecule has 0 atom stereocenters. The van der Waals surface area contributed by atoms with Gasteiger partial charge in [-0.25, -0.2) is 0 Å². The monoisotopic (exact) mass is 494 g/mol. The van der Waals surface area contributed by atoms with E-state index in [0.717, 1.165) is 62.9 Å². The first-order valence-corrected chi connectivity index (χ1v) is 13.3. The van der Waals surface area contributed by atoms with Crippen LogP contribution in [-0.2, 0) is 17.7 Å². The van der Waals surface area contributed by atoms with Gasteiger partial charge in [0.25, 0.3) is 5.91 Å². The Hall–Kier alpha value is -3.61. The summed E-state index contributed by atoms with van der Waals surface area (Å²) in [5.74, 6) is 0.633. The predicted octanol–water partition coefficient (Wildman–Crippen LogP) is 5.43. The highest BCUT2D eigenvalue weighted by atomic mass is 16.5. The number of carbonyl (C=O) groups excluding carboxylic acids is 1. The molecule has 4 aromatic rings. The minimum Gasteiger partial charge on any atom is -0.397 e. The van der Waals surface area contributed by atoms with Gasteiger partial charge in [0.05, 0.1) is 24.6 Å². The fraction of sp³-hybridized carbons (Fsp3) is 0.323. The lowest BCUT2D eigenvalue weighted by molar-refractivity contribution is 0.0365. The van der Waals surface area contributed by atoms with Crippen molar-refractivity contribution in [3.63, 3.8) is 0 Å². The van der Waals surface area contributed by atoms with Gasteiger partial charge < -0.3 is 20.4 Å². The average molecular weight is 495 g/mol. The number of nitrogens with one attached hydrogen (secondary N) is 1. The maximum absolute atomic E-state index is 13.4. The van der Waals surface area contributed by atoms with Gasteiger partial charge in [0.1, 0.15) is 0 Å². The minimum absolute atomic E-state index is 0.141. The molecule has 190 valence electrons. The smallest absolute Gasteiger partial charge is 0.255 e. The molecule has 6 heteroatoms. The number of fused-ring (bicyclic) bond motifs is 1. The van der Waals surface area contributed by atoms with E-state index in [1.807, 2.05) is 42.5 Å². The number of rotatable bonds is 8. The van der Waals surface area contributed by atoms with E-state index in [2.05, 4.69) is 45.2 Å². The van der Waals surface area contributed by atoms with Gasteiger partial charge in [-0.15, -0.1) is 0 Å². The summed E-state index contributed by atoms with van der Waals surface area (Å²) in [6.07, 6.45) is 6.00. The molecule has 1 saturated carbocycles. The number of carbonyl (C=O) groups is 1. The summed E-state index contributed by atoms with van der Waals surface area (Å²) in [6, 6.07) is 22.0. The highest BCUT2D eigenvalue weighted by Crippen LogP contribution is 2.36. The number of hydrogen-bond acceptors (Lipinski definition) is 4. The molecule has 6 nitrogen and oxygen atoms in total. The summed E-state index contributed by atoms with van der Waals surface area (Å²) >= 11 is 0. The summed E-state index contributed by atoms with van der Waals surface area (Å²) in [6.45, 7) is 5.57. The molecule has 1 saturated heterocycles. The van der Waals surface area contributed by atoms with Crippen LogP contribution in [0.2, 0.25) is 0 Å². The third-order valence-electron chi connectivity index (χ3n) is 7.60. The molecular formula is C31H34N4O2. The predicted molar refractivity (Wildman–Crippen MR) is 150 cm³/mol. The molecule has 3 aromatic carbocycles. The Bertz CT molecular complexity index is 1400. The van der Waals surface area contributed by atoms with E-state index < -0.39 is 0 Å². The lowest BCUT2D eigenvalue weighted by Crippen LogP contribution is -2.38. The van der Waals surface area contributed by atoms with Crippen molar-refractivity contribution in [3.05, 3.63) is 84.1 Å². The number of benzene rings is 3. The Morgan fingerprint density at radius 2 is 1.76 bits per heavy atom. The molecule has 6 rings (SSSR count). The second kappa shape index (κ2) is 10.4. The first-order chi connectivity index (χ1) is 18.1. The molecule has 0 unspecified atom stereocenters. The topological polar surface area (TPSA) is 72.5 Å². The van der Waals surface area contributed by atoms with E-state index in [0.29, 0.717) is 16.9 Å². The summed E-state index contributed by atoms with van der Waals surface area (Å²) in [5, 5.41) is 4.25. The van der Waals surface area contributed by atoms with Crippen molar-refractivity contribution in [2.75, 3.05) is 43.9 Å². The Morgan fingerprint density at radius 1 is 0.946 bits per heavy atom. The van der Waals surface area contributed by atoms with Crippen molar-refractivity contribution in [1.82, 2.24) is 9.47 Å². The maximum atomic E-state index is 13.4. The number of amides is 1. The number of anilines is 2. The molecule has 1 amide bonds. The van der Waals surface area contributed by atoms with E-state index in [1.54, 1.807) is 0 Å². The van der Waals surface area contributed by atoms with Crippen molar-refractivity contribution in [2.45, 2.75) is 25.8 Å². The number of morpholine rings is 1. The highest BCUT2D eigenvalue weighted by Gasteiger charge is 2.24. The Labute approximate surface area is 218 Å². The Balaban J connectivity index is 1.25. The number of aromatic nitrogens is 1. The first kappa shape index (κ1) is 23.8. The van der Waals surface area contributed by atoms with Gasteiger partial charge in [0.2, 0.25) is 0 Å². The molecule has 2 fully saturated rings. The molecule has 3 N–H and O–H groups in total. The molecule has 2 aliphatic rings. The van der Waals surface area contributed by atoms with Gasteiger partial charge >= 0.3 is 0 Å². The quantitative estimate of drug-likeness (QED) is 0.321. The van der Waals surface area contributed by atoms with Crippen LogP contribution in [0.1, 0.15) is 28.8 Å². The number of nitrogen functional groups attached to an aromatic ring is 1. The normalized spacial score (nSPS) is 16.2. The van der Waals surface area contributed by atoms with E-state index in [-0.39, 0.29) is 5.91 Å². The standard InChI is InChI=1S/C31H34N4O2/c32-28-10-8-24(23-4-2-1-3-5-23)20-29(28)33-31(36)25-9-11-30-27(19-25)26(18-22-6-7-22)21-35(30)13-12-34-14-16-37-17-15-34/h1-5,8-11,19-22H,6-7,12-18,32H2,(H,33,36). The molecule has 37 heavy (non-hydrogen) atoms. The molecule has 0 spiro atoms. The third-order valence-corrected chi connectivity index (χ3v) is 7.60. The Morgan fingerprint density at radius 3 is 2.54 bits per heavy atom. The zero-order valence-corrected chi connectivity index (χ0v) is 21.2. The lowest BCUT2D eigenvalue weighted by atomic mass is 10.0. The summed E-state index contributed by atoms with van der Waals surface area (Å²) in [4.78, 5) is 15.8. The van der Waals surface area contributed by atoms with Crippen molar-refractivity contribution in [1.29, 1.82) is 0 Å². The first-order valence-electron chi connectivity index (χ1n) is 13.3. The van der Waals surface area contributed by atoms with Crippen LogP contribution in [0.3, 0.4) is 0 Å². The van der Waals surface area contributed by atoms with Crippen molar-refractivity contribution in [3.8, 4) is 11.1 Å². The van der Waals surface area contributed by atoms with E-state index in [1.165, 1.54) is 29.3 Å². The summed E-state index contributed by atoms with van der Waals surface area (Å²) in [7, 11) is 0. The minimum atomic E-state index is -0.141. The van der Waals surface area contributed by atoms with Gasteiger partial charge in [0, 0.05) is 48.8 Å². The zero-order valence-electron chi connectivity index (χ0n) is 21.2. The van der Waals surface area contributed by atoms with Gasteiger partial charge in [-0.05, 0) is 72.2 Å². The third kappa shape index (κ3) is 5.41. The second-order valence-corrected chi connectivity index (χ2v) is 10.3. The molecule has 0 bridgehead atoms. The summed E-state index contributed by atoms with van der Waals surface area (Å²) < 4.78 is 7.86. The number of nitrogens with zero attached hydrogens (tertiary/aromatic N) is 2. The van der Waals surface area contributed by atoms with Crippen molar-refractivity contribution < 1.29 is 9.53 Å². The molecule has 1 aliphatic carbocycles. The van der Waals surface area contributed by atoms with Crippen LogP contribution < -0.4 is 11.1 Å². The SMILES string of the molecule is Nc1ccc(-c2ccccc2)cc1NC(=O)c1ccc2c(c1)c(CC1CC1)cn2CCN1CCOCC1. The van der Waals surface area contributed by atoms with E-state index >= 15 is 0 Å². The van der Waals surface area contributed by atoms with Gasteiger partial charge in [0.15, 0.2) is 0 Å². The van der Waals surface area contributed by atoms with Crippen LogP contribution in [0.15, 0.2) is 72.9 Å². The lowest BCUT2D eigenvalue weighted by Gasteiger charge is -2.26.